The lowest BCUT2D eigenvalue weighted by molar-refractivity contribution is 0.0955. The van der Waals surface area contributed by atoms with Gasteiger partial charge in [0.05, 0.1) is 13.1 Å². The van der Waals surface area contributed by atoms with E-state index in [0.29, 0.717) is 37.8 Å². The predicted molar refractivity (Wildman–Crippen MR) is 120 cm³/mol. The van der Waals surface area contributed by atoms with Crippen LogP contribution in [0.4, 0.5) is 0 Å². The van der Waals surface area contributed by atoms with Crippen LogP contribution in [0.5, 0.6) is 5.75 Å². The van der Waals surface area contributed by atoms with Crippen LogP contribution in [0.2, 0.25) is 0 Å². The van der Waals surface area contributed by atoms with Crippen LogP contribution in [-0.2, 0) is 0 Å². The molecule has 0 heterocycles. The molecule has 0 aliphatic rings. The number of aliphatic imine (C=N–C) groups is 1. The molecule has 0 aliphatic heterocycles. The summed E-state index contributed by atoms with van der Waals surface area (Å²) in [7, 11) is 0. The summed E-state index contributed by atoms with van der Waals surface area (Å²) in [5.41, 5.74) is 0.652. The first kappa shape index (κ1) is 22.8. The largest absolute Gasteiger partial charge is 0.492 e. The van der Waals surface area contributed by atoms with E-state index in [0.717, 1.165) is 12.3 Å². The van der Waals surface area contributed by atoms with E-state index in [1.165, 1.54) is 0 Å². The fraction of sp³-hybridized carbons (Fsp3) is 0.300. The zero-order valence-corrected chi connectivity index (χ0v) is 17.8. The molecule has 0 unspecified atom stereocenters. The molecule has 3 N–H and O–H groups in total. The molecule has 0 aromatic heterocycles. The number of nitrogens with zero attached hydrogens (tertiary/aromatic N) is 1. The molecule has 7 heteroatoms. The standard InChI is InChI=1S/C20H26N4O2.HI/c1-2-21-20(24-15-16-26-18-11-7-4-8-12-18)23-14-13-22-19(25)17-9-5-3-6-10-17;/h3-12H,2,13-16H2,1H3,(H,22,25)(H2,21,23,24);1H. The van der Waals surface area contributed by atoms with Gasteiger partial charge in [0.15, 0.2) is 5.96 Å². The first-order valence-electron chi connectivity index (χ1n) is 8.83. The van der Waals surface area contributed by atoms with Gasteiger partial charge in [-0.1, -0.05) is 36.4 Å². The van der Waals surface area contributed by atoms with Crippen molar-refractivity contribution in [3.05, 3.63) is 66.2 Å². The van der Waals surface area contributed by atoms with E-state index >= 15 is 0 Å². The highest BCUT2D eigenvalue weighted by Crippen LogP contribution is 2.07. The number of hydrogen-bond donors (Lipinski definition) is 3. The minimum absolute atomic E-state index is 0. The summed E-state index contributed by atoms with van der Waals surface area (Å²) in [6, 6.07) is 18.8. The molecule has 2 aromatic rings. The zero-order chi connectivity index (χ0) is 18.5. The number of nitrogens with one attached hydrogen (secondary N) is 3. The van der Waals surface area contributed by atoms with Crippen LogP contribution in [0.3, 0.4) is 0 Å². The molecule has 1 amide bonds. The van der Waals surface area contributed by atoms with Crippen molar-refractivity contribution >= 4 is 35.8 Å². The molecule has 0 fully saturated rings. The SMILES string of the molecule is CCNC(=NCCNC(=O)c1ccccc1)NCCOc1ccccc1.I. The Kier molecular flexibility index (Phi) is 11.7. The number of ether oxygens (including phenoxy) is 1. The Morgan fingerprint density at radius 1 is 0.926 bits per heavy atom. The van der Waals surface area contributed by atoms with Crippen molar-refractivity contribution in [3.63, 3.8) is 0 Å². The Balaban J connectivity index is 0.00000364. The number of guanidine groups is 1. The van der Waals surface area contributed by atoms with E-state index in [1.54, 1.807) is 12.1 Å². The lowest BCUT2D eigenvalue weighted by Crippen LogP contribution is -2.40. The summed E-state index contributed by atoms with van der Waals surface area (Å²) < 4.78 is 5.64. The van der Waals surface area contributed by atoms with Gasteiger partial charge < -0.3 is 20.7 Å². The lowest BCUT2D eigenvalue weighted by Gasteiger charge is -2.12. The minimum atomic E-state index is -0.0879. The van der Waals surface area contributed by atoms with Crippen LogP contribution in [-0.4, -0.2) is 44.7 Å². The number of para-hydroxylation sites is 1. The highest BCUT2D eigenvalue weighted by atomic mass is 127. The Bertz CT molecular complexity index is 681. The van der Waals surface area contributed by atoms with Gasteiger partial charge in [0.1, 0.15) is 12.4 Å². The lowest BCUT2D eigenvalue weighted by atomic mass is 10.2. The maximum Gasteiger partial charge on any atom is 0.251 e. The molecular weight excluding hydrogens is 455 g/mol. The molecule has 6 nitrogen and oxygen atoms in total. The maximum absolute atomic E-state index is 12.0. The second-order valence-electron chi connectivity index (χ2n) is 5.47. The summed E-state index contributed by atoms with van der Waals surface area (Å²) in [5, 5.41) is 9.24. The molecule has 2 rings (SSSR count). The molecule has 27 heavy (non-hydrogen) atoms. The van der Waals surface area contributed by atoms with E-state index < -0.39 is 0 Å². The van der Waals surface area contributed by atoms with Crippen LogP contribution < -0.4 is 20.7 Å². The monoisotopic (exact) mass is 482 g/mol. The molecule has 0 saturated heterocycles. The van der Waals surface area contributed by atoms with E-state index in [1.807, 2.05) is 55.5 Å². The summed E-state index contributed by atoms with van der Waals surface area (Å²) in [5.74, 6) is 1.47. The predicted octanol–water partition coefficient (Wildman–Crippen LogP) is 2.67. The van der Waals surface area contributed by atoms with Gasteiger partial charge in [0.2, 0.25) is 0 Å². The summed E-state index contributed by atoms with van der Waals surface area (Å²) in [6.07, 6.45) is 0. The van der Waals surface area contributed by atoms with E-state index in [9.17, 15) is 4.79 Å². The Morgan fingerprint density at radius 2 is 1.59 bits per heavy atom. The van der Waals surface area contributed by atoms with Gasteiger partial charge in [-0.15, -0.1) is 24.0 Å². The fourth-order valence-corrected chi connectivity index (χ4v) is 2.23. The van der Waals surface area contributed by atoms with Crippen molar-refractivity contribution in [1.29, 1.82) is 0 Å². The van der Waals surface area contributed by atoms with Crippen molar-refractivity contribution in [2.45, 2.75) is 6.92 Å². The maximum atomic E-state index is 12.0. The highest BCUT2D eigenvalue weighted by Gasteiger charge is 2.03. The molecular formula is C20H27IN4O2. The average molecular weight is 482 g/mol. The summed E-state index contributed by atoms with van der Waals surface area (Å²) in [6.45, 7) is 4.92. The molecule has 0 bridgehead atoms. The van der Waals surface area contributed by atoms with E-state index in [2.05, 4.69) is 20.9 Å². The molecule has 0 saturated carbocycles. The van der Waals surface area contributed by atoms with Crippen LogP contribution >= 0.6 is 24.0 Å². The fourth-order valence-electron chi connectivity index (χ4n) is 2.23. The smallest absolute Gasteiger partial charge is 0.251 e. The molecule has 0 radical (unpaired) electrons. The zero-order valence-electron chi connectivity index (χ0n) is 15.5. The molecule has 0 atom stereocenters. The van der Waals surface area contributed by atoms with Gasteiger partial charge in [0.25, 0.3) is 5.91 Å². The first-order chi connectivity index (χ1) is 12.8. The van der Waals surface area contributed by atoms with Gasteiger partial charge in [-0.25, -0.2) is 0 Å². The van der Waals surface area contributed by atoms with Crippen molar-refractivity contribution in [2.24, 2.45) is 4.99 Å². The third kappa shape index (κ3) is 9.28. The van der Waals surface area contributed by atoms with Gasteiger partial charge >= 0.3 is 0 Å². The quantitative estimate of drug-likeness (QED) is 0.223. The van der Waals surface area contributed by atoms with E-state index in [4.69, 9.17) is 4.74 Å². The second-order valence-corrected chi connectivity index (χ2v) is 5.47. The van der Waals surface area contributed by atoms with Crippen molar-refractivity contribution in [3.8, 4) is 5.75 Å². The highest BCUT2D eigenvalue weighted by molar-refractivity contribution is 14.0. The van der Waals surface area contributed by atoms with Gasteiger partial charge in [0, 0.05) is 18.7 Å². The average Bonchev–Trinajstić information content (AvgIpc) is 2.69. The van der Waals surface area contributed by atoms with Gasteiger partial charge in [-0.05, 0) is 31.2 Å². The number of carbonyl (C=O) groups is 1. The number of amides is 1. The van der Waals surface area contributed by atoms with E-state index in [-0.39, 0.29) is 29.9 Å². The number of halogens is 1. The van der Waals surface area contributed by atoms with Crippen molar-refractivity contribution < 1.29 is 9.53 Å². The minimum Gasteiger partial charge on any atom is -0.492 e. The third-order valence-corrected chi connectivity index (χ3v) is 3.45. The van der Waals surface area contributed by atoms with Gasteiger partial charge in [-0.2, -0.15) is 0 Å². The Morgan fingerprint density at radius 3 is 2.26 bits per heavy atom. The second kappa shape index (κ2) is 13.9. The molecule has 146 valence electrons. The topological polar surface area (TPSA) is 74.8 Å². The Hall–Kier alpha value is -2.29. The number of carbonyl (C=O) groups excluding carboxylic acids is 1. The normalized spacial score (nSPS) is 10.5. The van der Waals surface area contributed by atoms with Crippen LogP contribution in [0.1, 0.15) is 17.3 Å². The molecule has 0 spiro atoms. The molecule has 2 aromatic carbocycles. The van der Waals surface area contributed by atoms with Crippen molar-refractivity contribution in [2.75, 3.05) is 32.8 Å². The third-order valence-electron chi connectivity index (χ3n) is 3.45. The van der Waals surface area contributed by atoms with Crippen molar-refractivity contribution in [1.82, 2.24) is 16.0 Å². The Labute approximate surface area is 177 Å². The number of hydrogen-bond acceptors (Lipinski definition) is 3. The van der Waals surface area contributed by atoms with Gasteiger partial charge in [-0.3, -0.25) is 9.79 Å². The number of rotatable bonds is 9. The first-order valence-corrected chi connectivity index (χ1v) is 8.83. The van der Waals surface area contributed by atoms with Crippen LogP contribution in [0.25, 0.3) is 0 Å². The van der Waals surface area contributed by atoms with Crippen LogP contribution in [0, 0.1) is 0 Å². The summed E-state index contributed by atoms with van der Waals surface area (Å²) in [4.78, 5) is 16.4. The molecule has 0 aliphatic carbocycles. The summed E-state index contributed by atoms with van der Waals surface area (Å²) >= 11 is 0. The van der Waals surface area contributed by atoms with Crippen LogP contribution in [0.15, 0.2) is 65.7 Å². The number of benzene rings is 2.